The Morgan fingerprint density at radius 1 is 1.33 bits per heavy atom. The van der Waals surface area contributed by atoms with E-state index in [0.29, 0.717) is 0 Å². The summed E-state index contributed by atoms with van der Waals surface area (Å²) in [5, 5.41) is 4.42. The number of nitrogens with zero attached hydrogens (tertiary/aromatic N) is 2. The van der Waals surface area contributed by atoms with E-state index < -0.39 is 0 Å². The van der Waals surface area contributed by atoms with E-state index in [4.69, 9.17) is 10.6 Å². The van der Waals surface area contributed by atoms with Gasteiger partial charge in [0.1, 0.15) is 5.69 Å². The van der Waals surface area contributed by atoms with Crippen LogP contribution in [0.2, 0.25) is 0 Å². The third-order valence-electron chi connectivity index (χ3n) is 3.69. The molecule has 1 atom stereocenters. The molecule has 0 saturated carbocycles. The summed E-state index contributed by atoms with van der Waals surface area (Å²) < 4.78 is 7.44. The lowest BCUT2D eigenvalue weighted by molar-refractivity contribution is 0.398. The van der Waals surface area contributed by atoms with Gasteiger partial charge in [0.2, 0.25) is 0 Å². The van der Waals surface area contributed by atoms with Gasteiger partial charge >= 0.3 is 0 Å². The van der Waals surface area contributed by atoms with Crippen LogP contribution in [0.4, 0.5) is 0 Å². The van der Waals surface area contributed by atoms with Gasteiger partial charge in [-0.1, -0.05) is 38.1 Å². The molecule has 2 rings (SSSR count). The molecule has 114 valence electrons. The van der Waals surface area contributed by atoms with E-state index in [1.165, 1.54) is 11.1 Å². The van der Waals surface area contributed by atoms with Crippen molar-refractivity contribution in [2.75, 3.05) is 7.11 Å². The number of ether oxygens (including phenoxy) is 1. The molecule has 1 aromatic carbocycles. The van der Waals surface area contributed by atoms with E-state index in [1.54, 1.807) is 13.3 Å². The zero-order chi connectivity index (χ0) is 15.2. The Kier molecular flexibility index (Phi) is 5.36. The van der Waals surface area contributed by atoms with Crippen molar-refractivity contribution in [1.29, 1.82) is 0 Å². The number of benzene rings is 1. The zero-order valence-corrected chi connectivity index (χ0v) is 13.0. The van der Waals surface area contributed by atoms with Gasteiger partial charge in [0, 0.05) is 6.54 Å². The summed E-state index contributed by atoms with van der Waals surface area (Å²) in [5.74, 6) is 6.62. The van der Waals surface area contributed by atoms with Crippen molar-refractivity contribution in [3.8, 4) is 5.75 Å². The molecule has 3 N–H and O–H groups in total. The standard InChI is InChI=1S/C16H24N4O/c1-4-10-20-16(14(21-3)11-18-20)15(19-17)13-9-7-6-8-12(13)5-2/h6-9,11,15,19H,4-5,10,17H2,1-3H3. The Balaban J connectivity index is 2.52. The second kappa shape index (κ2) is 7.24. The minimum absolute atomic E-state index is 0.134. The first-order valence-corrected chi connectivity index (χ1v) is 7.40. The molecule has 0 radical (unpaired) electrons. The fourth-order valence-electron chi connectivity index (χ4n) is 2.67. The van der Waals surface area contributed by atoms with Crippen LogP contribution in [-0.2, 0) is 13.0 Å². The van der Waals surface area contributed by atoms with E-state index in [0.717, 1.165) is 30.8 Å². The molecule has 0 fully saturated rings. The van der Waals surface area contributed by atoms with Crippen LogP contribution in [0.15, 0.2) is 30.5 Å². The first kappa shape index (κ1) is 15.5. The van der Waals surface area contributed by atoms with E-state index >= 15 is 0 Å². The highest BCUT2D eigenvalue weighted by Crippen LogP contribution is 2.31. The second-order valence-electron chi connectivity index (χ2n) is 4.97. The lowest BCUT2D eigenvalue weighted by Gasteiger charge is -2.21. The maximum atomic E-state index is 5.86. The van der Waals surface area contributed by atoms with Crippen LogP contribution in [0.3, 0.4) is 0 Å². The van der Waals surface area contributed by atoms with Gasteiger partial charge < -0.3 is 4.74 Å². The first-order chi connectivity index (χ1) is 10.3. The average Bonchev–Trinajstić information content (AvgIpc) is 2.92. The summed E-state index contributed by atoms with van der Waals surface area (Å²) in [6.45, 7) is 5.11. The number of nitrogens with one attached hydrogen (secondary N) is 1. The molecule has 0 bridgehead atoms. The average molecular weight is 288 g/mol. The first-order valence-electron chi connectivity index (χ1n) is 7.40. The number of aromatic nitrogens is 2. The summed E-state index contributed by atoms with van der Waals surface area (Å²) in [5.41, 5.74) is 6.34. The van der Waals surface area contributed by atoms with Crippen LogP contribution in [0.5, 0.6) is 5.75 Å². The van der Waals surface area contributed by atoms with E-state index in [2.05, 4.69) is 42.6 Å². The molecule has 1 unspecified atom stereocenters. The molecule has 0 amide bonds. The molecule has 21 heavy (non-hydrogen) atoms. The number of nitrogens with two attached hydrogens (primary N) is 1. The summed E-state index contributed by atoms with van der Waals surface area (Å²) in [7, 11) is 1.66. The molecule has 0 aliphatic heterocycles. The number of rotatable bonds is 7. The number of hydrogen-bond donors (Lipinski definition) is 2. The fourth-order valence-corrected chi connectivity index (χ4v) is 2.67. The minimum Gasteiger partial charge on any atom is -0.493 e. The highest BCUT2D eigenvalue weighted by atomic mass is 16.5. The second-order valence-corrected chi connectivity index (χ2v) is 4.97. The lowest BCUT2D eigenvalue weighted by Crippen LogP contribution is -2.31. The summed E-state index contributed by atoms with van der Waals surface area (Å²) in [4.78, 5) is 0. The Morgan fingerprint density at radius 2 is 2.10 bits per heavy atom. The van der Waals surface area contributed by atoms with Gasteiger partial charge in [-0.2, -0.15) is 5.10 Å². The zero-order valence-electron chi connectivity index (χ0n) is 13.0. The topological polar surface area (TPSA) is 65.1 Å². The normalized spacial score (nSPS) is 12.4. The molecular formula is C16H24N4O. The van der Waals surface area contributed by atoms with Crippen LogP contribution in [0.25, 0.3) is 0 Å². The Labute approximate surface area is 126 Å². The van der Waals surface area contributed by atoms with Gasteiger partial charge in [0.15, 0.2) is 5.75 Å². The minimum atomic E-state index is -0.134. The number of hydrogen-bond acceptors (Lipinski definition) is 4. The van der Waals surface area contributed by atoms with Crippen LogP contribution >= 0.6 is 0 Å². The Hall–Kier alpha value is -1.85. The van der Waals surface area contributed by atoms with Crippen molar-refractivity contribution < 1.29 is 4.74 Å². The fraction of sp³-hybridized carbons (Fsp3) is 0.438. The number of methoxy groups -OCH3 is 1. The molecule has 0 spiro atoms. The van der Waals surface area contributed by atoms with Crippen LogP contribution in [0.1, 0.15) is 43.1 Å². The molecule has 2 aromatic rings. The van der Waals surface area contributed by atoms with E-state index in [-0.39, 0.29) is 6.04 Å². The molecule has 5 nitrogen and oxygen atoms in total. The third kappa shape index (κ3) is 3.09. The van der Waals surface area contributed by atoms with Crippen LogP contribution in [-0.4, -0.2) is 16.9 Å². The maximum Gasteiger partial charge on any atom is 0.161 e. The highest BCUT2D eigenvalue weighted by Gasteiger charge is 2.24. The lowest BCUT2D eigenvalue weighted by atomic mass is 9.96. The summed E-state index contributed by atoms with van der Waals surface area (Å²) >= 11 is 0. The van der Waals surface area contributed by atoms with Gasteiger partial charge in [-0.15, -0.1) is 0 Å². The predicted molar refractivity (Wildman–Crippen MR) is 84.1 cm³/mol. The molecule has 1 heterocycles. The maximum absolute atomic E-state index is 5.86. The highest BCUT2D eigenvalue weighted by molar-refractivity contribution is 5.40. The van der Waals surface area contributed by atoms with Crippen molar-refractivity contribution in [3.63, 3.8) is 0 Å². The monoisotopic (exact) mass is 288 g/mol. The smallest absolute Gasteiger partial charge is 0.161 e. The summed E-state index contributed by atoms with van der Waals surface area (Å²) in [6.07, 6.45) is 3.72. The van der Waals surface area contributed by atoms with Crippen LogP contribution < -0.4 is 16.0 Å². The molecule has 0 saturated heterocycles. The van der Waals surface area contributed by atoms with Gasteiger partial charge in [-0.3, -0.25) is 10.5 Å². The van der Waals surface area contributed by atoms with Gasteiger partial charge in [0.25, 0.3) is 0 Å². The van der Waals surface area contributed by atoms with Crippen molar-refractivity contribution in [2.24, 2.45) is 5.84 Å². The molecule has 1 aromatic heterocycles. The van der Waals surface area contributed by atoms with Crippen molar-refractivity contribution >= 4 is 0 Å². The third-order valence-corrected chi connectivity index (χ3v) is 3.69. The predicted octanol–water partition coefficient (Wildman–Crippen LogP) is 2.42. The number of hydrazine groups is 1. The SMILES string of the molecule is CCCn1ncc(OC)c1C(NN)c1ccccc1CC. The Bertz CT molecular complexity index is 579. The van der Waals surface area contributed by atoms with Gasteiger partial charge in [0.05, 0.1) is 19.3 Å². The van der Waals surface area contributed by atoms with Gasteiger partial charge in [-0.05, 0) is 24.0 Å². The quantitative estimate of drug-likeness (QED) is 0.606. The number of aryl methyl sites for hydroxylation is 2. The van der Waals surface area contributed by atoms with E-state index in [1.807, 2.05) is 10.7 Å². The van der Waals surface area contributed by atoms with Gasteiger partial charge in [-0.25, -0.2) is 5.43 Å². The Morgan fingerprint density at radius 3 is 2.71 bits per heavy atom. The van der Waals surface area contributed by atoms with E-state index in [9.17, 15) is 0 Å². The van der Waals surface area contributed by atoms with Crippen molar-refractivity contribution in [3.05, 3.63) is 47.3 Å². The molecular weight excluding hydrogens is 264 g/mol. The van der Waals surface area contributed by atoms with Crippen LogP contribution in [0, 0.1) is 0 Å². The van der Waals surface area contributed by atoms with Crippen molar-refractivity contribution in [2.45, 2.75) is 39.3 Å². The molecule has 0 aliphatic rings. The molecule has 5 heteroatoms. The summed E-state index contributed by atoms with van der Waals surface area (Å²) in [6, 6.07) is 8.19. The molecule has 0 aliphatic carbocycles. The van der Waals surface area contributed by atoms with Crippen molar-refractivity contribution in [1.82, 2.24) is 15.2 Å². The largest absolute Gasteiger partial charge is 0.493 e.